The molecule has 0 amide bonds. The minimum atomic E-state index is -0.608. The van der Waals surface area contributed by atoms with Crippen molar-refractivity contribution in [2.45, 2.75) is 32.3 Å². The van der Waals surface area contributed by atoms with E-state index in [1.165, 1.54) is 16.8 Å². The first kappa shape index (κ1) is 11.1. The fraction of sp³-hybridized carbons (Fsp3) is 0.600. The number of aromatic amines is 1. The van der Waals surface area contributed by atoms with Crippen LogP contribution in [0.15, 0.2) is 21.9 Å². The lowest BCUT2D eigenvalue weighted by atomic mass is 10.0. The molecule has 2 heterocycles. The van der Waals surface area contributed by atoms with Gasteiger partial charge in [0.15, 0.2) is 0 Å². The second-order valence-electron chi connectivity index (χ2n) is 4.10. The van der Waals surface area contributed by atoms with Crippen LogP contribution in [0.1, 0.15) is 20.1 Å². The third-order valence-corrected chi connectivity index (χ3v) is 2.95. The maximum absolute atomic E-state index is 11.5. The van der Waals surface area contributed by atoms with Crippen molar-refractivity contribution < 1.29 is 9.84 Å². The molecule has 1 aliphatic heterocycles. The highest BCUT2D eigenvalue weighted by Crippen LogP contribution is 2.32. The minimum absolute atomic E-state index is 0.196. The van der Waals surface area contributed by atoms with Crippen LogP contribution in [0.3, 0.4) is 0 Å². The Balaban J connectivity index is 2.39. The molecule has 1 fully saturated rings. The molecule has 0 spiro atoms. The van der Waals surface area contributed by atoms with Crippen LogP contribution in [0.5, 0.6) is 0 Å². The number of rotatable bonds is 1. The zero-order valence-corrected chi connectivity index (χ0v) is 9.08. The standard InChI is InChI=1S/C10H14N2O4/c1-5-8(14)6(2)16-9(5)12-4-3-7(13)11-10(12)15/h3-6,8-9,14H,1-2H3,(H,11,13,15)/t5-,6-,8+,9?/m1/s1. The van der Waals surface area contributed by atoms with Gasteiger partial charge >= 0.3 is 5.69 Å². The molecule has 4 atom stereocenters. The number of aliphatic hydroxyl groups excluding tert-OH is 1. The zero-order chi connectivity index (χ0) is 11.9. The molecular weight excluding hydrogens is 212 g/mol. The highest BCUT2D eigenvalue weighted by molar-refractivity contribution is 4.90. The normalized spacial score (nSPS) is 34.2. The Morgan fingerprint density at radius 3 is 2.62 bits per heavy atom. The molecule has 1 aromatic rings. The van der Waals surface area contributed by atoms with Gasteiger partial charge in [-0.15, -0.1) is 0 Å². The van der Waals surface area contributed by atoms with Crippen molar-refractivity contribution in [3.8, 4) is 0 Å². The van der Waals surface area contributed by atoms with E-state index in [1.807, 2.05) is 0 Å². The van der Waals surface area contributed by atoms with Crippen LogP contribution >= 0.6 is 0 Å². The van der Waals surface area contributed by atoms with E-state index in [0.29, 0.717) is 0 Å². The third-order valence-electron chi connectivity index (χ3n) is 2.95. The van der Waals surface area contributed by atoms with Gasteiger partial charge in [0.1, 0.15) is 6.23 Å². The summed E-state index contributed by atoms with van der Waals surface area (Å²) in [7, 11) is 0. The van der Waals surface area contributed by atoms with E-state index < -0.39 is 23.6 Å². The number of ether oxygens (including phenoxy) is 1. The van der Waals surface area contributed by atoms with Gasteiger partial charge in [-0.2, -0.15) is 0 Å². The first-order chi connectivity index (χ1) is 7.50. The van der Waals surface area contributed by atoms with Crippen molar-refractivity contribution in [3.63, 3.8) is 0 Å². The smallest absolute Gasteiger partial charge is 0.330 e. The first-order valence-electron chi connectivity index (χ1n) is 5.15. The Hall–Kier alpha value is -1.40. The van der Waals surface area contributed by atoms with E-state index >= 15 is 0 Å². The van der Waals surface area contributed by atoms with Crippen LogP contribution in [-0.4, -0.2) is 26.9 Å². The topological polar surface area (TPSA) is 84.3 Å². The Bertz CT molecular complexity index is 492. The molecule has 0 saturated carbocycles. The predicted molar refractivity (Wildman–Crippen MR) is 56.1 cm³/mol. The molecule has 6 nitrogen and oxygen atoms in total. The maximum atomic E-state index is 11.5. The molecule has 1 aliphatic rings. The molecule has 0 aromatic carbocycles. The fourth-order valence-electron chi connectivity index (χ4n) is 1.97. The van der Waals surface area contributed by atoms with Gasteiger partial charge in [0.05, 0.1) is 12.2 Å². The Labute approximate surface area is 91.5 Å². The van der Waals surface area contributed by atoms with Crippen molar-refractivity contribution in [3.05, 3.63) is 33.1 Å². The summed E-state index contributed by atoms with van der Waals surface area (Å²) in [5.74, 6) is -0.196. The first-order valence-corrected chi connectivity index (χ1v) is 5.15. The van der Waals surface area contributed by atoms with Crippen molar-refractivity contribution in [1.82, 2.24) is 9.55 Å². The summed E-state index contributed by atoms with van der Waals surface area (Å²) >= 11 is 0. The summed E-state index contributed by atoms with van der Waals surface area (Å²) in [6, 6.07) is 1.26. The van der Waals surface area contributed by atoms with E-state index in [9.17, 15) is 14.7 Å². The van der Waals surface area contributed by atoms with Crippen LogP contribution in [-0.2, 0) is 4.74 Å². The highest BCUT2D eigenvalue weighted by Gasteiger charge is 2.39. The number of hydrogen-bond acceptors (Lipinski definition) is 4. The molecule has 0 bridgehead atoms. The van der Waals surface area contributed by atoms with Crippen molar-refractivity contribution in [2.24, 2.45) is 5.92 Å². The maximum Gasteiger partial charge on any atom is 0.330 e. The zero-order valence-electron chi connectivity index (χ0n) is 9.08. The highest BCUT2D eigenvalue weighted by atomic mass is 16.5. The lowest BCUT2D eigenvalue weighted by Crippen LogP contribution is -2.33. The second-order valence-corrected chi connectivity index (χ2v) is 4.10. The lowest BCUT2D eigenvalue weighted by Gasteiger charge is -2.17. The molecule has 6 heteroatoms. The van der Waals surface area contributed by atoms with E-state index in [0.717, 1.165) is 0 Å². The van der Waals surface area contributed by atoms with Crippen LogP contribution in [0.2, 0.25) is 0 Å². The molecule has 0 radical (unpaired) electrons. The Kier molecular flexibility index (Phi) is 2.69. The van der Waals surface area contributed by atoms with Crippen LogP contribution in [0.25, 0.3) is 0 Å². The average Bonchev–Trinajstić information content (AvgIpc) is 2.46. The summed E-state index contributed by atoms with van der Waals surface area (Å²) in [6.07, 6.45) is -0.0791. The summed E-state index contributed by atoms with van der Waals surface area (Å²) in [5.41, 5.74) is -0.967. The third kappa shape index (κ3) is 1.70. The van der Waals surface area contributed by atoms with Gasteiger partial charge < -0.3 is 9.84 Å². The number of aromatic nitrogens is 2. The van der Waals surface area contributed by atoms with Crippen LogP contribution < -0.4 is 11.2 Å². The molecule has 2 N–H and O–H groups in total. The molecule has 1 aromatic heterocycles. The van der Waals surface area contributed by atoms with Gasteiger partial charge in [-0.3, -0.25) is 14.3 Å². The molecule has 1 saturated heterocycles. The molecule has 2 rings (SSSR count). The number of aliphatic hydroxyl groups is 1. The van der Waals surface area contributed by atoms with Crippen molar-refractivity contribution in [1.29, 1.82) is 0 Å². The minimum Gasteiger partial charge on any atom is -0.390 e. The Morgan fingerprint density at radius 2 is 2.12 bits per heavy atom. The average molecular weight is 226 g/mol. The largest absolute Gasteiger partial charge is 0.390 e. The summed E-state index contributed by atoms with van der Waals surface area (Å²) in [6.45, 7) is 3.55. The molecule has 88 valence electrons. The monoisotopic (exact) mass is 226 g/mol. The quantitative estimate of drug-likeness (QED) is 0.673. The van der Waals surface area contributed by atoms with Gasteiger partial charge in [0.25, 0.3) is 5.56 Å². The van der Waals surface area contributed by atoms with Gasteiger partial charge in [-0.25, -0.2) is 4.79 Å². The predicted octanol–water partition coefficient (Wildman–Crippen LogP) is -0.549. The second kappa shape index (κ2) is 3.88. The summed E-state index contributed by atoms with van der Waals surface area (Å²) < 4.78 is 6.77. The van der Waals surface area contributed by atoms with Crippen molar-refractivity contribution in [2.75, 3.05) is 0 Å². The molecule has 16 heavy (non-hydrogen) atoms. The van der Waals surface area contributed by atoms with Gasteiger partial charge in [-0.05, 0) is 6.92 Å². The molecule has 1 unspecified atom stereocenters. The number of H-pyrrole nitrogens is 1. The van der Waals surface area contributed by atoms with Gasteiger partial charge in [0, 0.05) is 18.2 Å². The summed E-state index contributed by atoms with van der Waals surface area (Å²) in [5, 5.41) is 9.73. The Morgan fingerprint density at radius 1 is 1.44 bits per heavy atom. The SMILES string of the molecule is C[C@H]1OC(n2ccc(=O)[nH]c2=O)[C@H](C)[C@@H]1O. The van der Waals surface area contributed by atoms with Gasteiger partial charge in [-0.1, -0.05) is 6.92 Å². The van der Waals surface area contributed by atoms with E-state index in [-0.39, 0.29) is 12.0 Å². The summed E-state index contributed by atoms with van der Waals surface area (Å²) in [4.78, 5) is 24.6. The van der Waals surface area contributed by atoms with Crippen LogP contribution in [0, 0.1) is 5.92 Å². The number of nitrogens with one attached hydrogen (secondary N) is 1. The number of nitrogens with zero attached hydrogens (tertiary/aromatic N) is 1. The lowest BCUT2D eigenvalue weighted by molar-refractivity contribution is -0.0143. The number of hydrogen-bond donors (Lipinski definition) is 2. The van der Waals surface area contributed by atoms with E-state index in [2.05, 4.69) is 4.98 Å². The molecular formula is C10H14N2O4. The van der Waals surface area contributed by atoms with Crippen molar-refractivity contribution >= 4 is 0 Å². The molecule has 0 aliphatic carbocycles. The van der Waals surface area contributed by atoms with E-state index in [1.54, 1.807) is 13.8 Å². The van der Waals surface area contributed by atoms with E-state index in [4.69, 9.17) is 4.74 Å². The fourth-order valence-corrected chi connectivity index (χ4v) is 1.97. The van der Waals surface area contributed by atoms with Crippen LogP contribution in [0.4, 0.5) is 0 Å². The van der Waals surface area contributed by atoms with Gasteiger partial charge in [0.2, 0.25) is 0 Å².